The number of nitrogens with zero attached hydrogens (tertiary/aromatic N) is 1. The van der Waals surface area contributed by atoms with Crippen molar-refractivity contribution in [3.8, 4) is 6.07 Å². The van der Waals surface area contributed by atoms with Crippen LogP contribution in [0.1, 0.15) is 33.1 Å². The average Bonchev–Trinajstić information content (AvgIpc) is 2.18. The highest BCUT2D eigenvalue weighted by Gasteiger charge is 2.25. The second-order valence-electron chi connectivity index (χ2n) is 3.44. The van der Waals surface area contributed by atoms with Crippen molar-refractivity contribution in [2.45, 2.75) is 33.1 Å². The topological polar surface area (TPSA) is 23.8 Å². The zero-order valence-corrected chi connectivity index (χ0v) is 7.80. The van der Waals surface area contributed by atoms with Crippen LogP contribution in [0.2, 0.25) is 0 Å². The molecule has 0 bridgehead atoms. The van der Waals surface area contributed by atoms with Crippen LogP contribution in [0.3, 0.4) is 0 Å². The van der Waals surface area contributed by atoms with Crippen LogP contribution in [0.4, 0.5) is 0 Å². The second-order valence-corrected chi connectivity index (χ2v) is 3.44. The number of hydrogen-bond acceptors (Lipinski definition) is 1. The first-order chi connectivity index (χ1) is 5.73. The van der Waals surface area contributed by atoms with Gasteiger partial charge in [-0.05, 0) is 31.8 Å². The van der Waals surface area contributed by atoms with Gasteiger partial charge in [0.15, 0.2) is 0 Å². The van der Waals surface area contributed by atoms with Crippen LogP contribution in [-0.4, -0.2) is 0 Å². The Bertz CT molecular complexity index is 255. The maximum atomic E-state index is 9.01. The summed E-state index contributed by atoms with van der Waals surface area (Å²) in [7, 11) is 0. The van der Waals surface area contributed by atoms with Crippen LogP contribution in [0, 0.1) is 16.7 Å². The van der Waals surface area contributed by atoms with Gasteiger partial charge in [-0.25, -0.2) is 0 Å². The number of nitriles is 1. The molecule has 12 heavy (non-hydrogen) atoms. The van der Waals surface area contributed by atoms with Crippen LogP contribution >= 0.6 is 0 Å². The molecule has 1 aliphatic rings. The van der Waals surface area contributed by atoms with Crippen LogP contribution in [-0.2, 0) is 0 Å². The molecule has 0 radical (unpaired) electrons. The molecular weight excluding hydrogens is 146 g/mol. The first-order valence-corrected chi connectivity index (χ1v) is 4.51. The van der Waals surface area contributed by atoms with Crippen molar-refractivity contribution in [3.63, 3.8) is 0 Å². The summed E-state index contributed by atoms with van der Waals surface area (Å²) < 4.78 is 0. The minimum Gasteiger partial charge on any atom is -0.197 e. The van der Waals surface area contributed by atoms with E-state index >= 15 is 0 Å². The molecule has 0 spiro atoms. The standard InChI is InChI=1S/C11H15N/c1-3-11(2,9-12)10-7-5-4-6-8-10/h5,7-8H,3-4,6H2,1-2H3/t11-/m0/s1. The molecule has 0 aromatic carbocycles. The normalized spacial score (nSPS) is 20.9. The van der Waals surface area contributed by atoms with Crippen molar-refractivity contribution in [3.05, 3.63) is 23.8 Å². The molecule has 1 heteroatoms. The minimum absolute atomic E-state index is 0.267. The first-order valence-electron chi connectivity index (χ1n) is 4.51. The molecule has 64 valence electrons. The van der Waals surface area contributed by atoms with Crippen LogP contribution in [0.25, 0.3) is 0 Å². The number of hydrogen-bond donors (Lipinski definition) is 0. The van der Waals surface area contributed by atoms with E-state index in [9.17, 15) is 0 Å². The molecule has 0 amide bonds. The van der Waals surface area contributed by atoms with Gasteiger partial charge in [0.25, 0.3) is 0 Å². The molecule has 1 atom stereocenters. The molecule has 1 aliphatic carbocycles. The molecule has 0 unspecified atom stereocenters. The van der Waals surface area contributed by atoms with Gasteiger partial charge in [0.1, 0.15) is 0 Å². The van der Waals surface area contributed by atoms with E-state index in [1.54, 1.807) is 0 Å². The summed E-state index contributed by atoms with van der Waals surface area (Å²) >= 11 is 0. The minimum atomic E-state index is -0.267. The monoisotopic (exact) mass is 161 g/mol. The van der Waals surface area contributed by atoms with Crippen molar-refractivity contribution in [1.82, 2.24) is 0 Å². The Hall–Kier alpha value is -1.03. The third kappa shape index (κ3) is 1.58. The summed E-state index contributed by atoms with van der Waals surface area (Å²) in [6, 6.07) is 2.38. The largest absolute Gasteiger partial charge is 0.197 e. The second kappa shape index (κ2) is 3.58. The maximum Gasteiger partial charge on any atom is 0.0788 e. The Balaban J connectivity index is 2.87. The van der Waals surface area contributed by atoms with E-state index in [1.807, 2.05) is 6.92 Å². The molecule has 0 saturated carbocycles. The molecular formula is C11H15N. The van der Waals surface area contributed by atoms with E-state index in [-0.39, 0.29) is 5.41 Å². The molecule has 0 fully saturated rings. The van der Waals surface area contributed by atoms with Crippen molar-refractivity contribution < 1.29 is 0 Å². The summed E-state index contributed by atoms with van der Waals surface area (Å²) in [5, 5.41) is 9.01. The zero-order chi connectivity index (χ0) is 9.03. The summed E-state index contributed by atoms with van der Waals surface area (Å²) in [5.74, 6) is 0. The Morgan fingerprint density at radius 2 is 2.33 bits per heavy atom. The van der Waals surface area contributed by atoms with Gasteiger partial charge in [-0.2, -0.15) is 5.26 Å². The Kier molecular flexibility index (Phi) is 2.70. The number of rotatable bonds is 2. The van der Waals surface area contributed by atoms with E-state index in [0.717, 1.165) is 19.3 Å². The van der Waals surface area contributed by atoms with Gasteiger partial charge in [0.05, 0.1) is 11.5 Å². The van der Waals surface area contributed by atoms with Crippen LogP contribution in [0.5, 0.6) is 0 Å². The number of allylic oxidation sites excluding steroid dienone is 4. The fourth-order valence-corrected chi connectivity index (χ4v) is 1.37. The highest BCUT2D eigenvalue weighted by atomic mass is 14.4. The molecule has 0 N–H and O–H groups in total. The maximum absolute atomic E-state index is 9.01. The third-order valence-electron chi connectivity index (χ3n) is 2.59. The van der Waals surface area contributed by atoms with Gasteiger partial charge >= 0.3 is 0 Å². The predicted molar refractivity (Wildman–Crippen MR) is 50.5 cm³/mol. The van der Waals surface area contributed by atoms with E-state index < -0.39 is 0 Å². The van der Waals surface area contributed by atoms with Crippen LogP contribution < -0.4 is 0 Å². The molecule has 1 nitrogen and oxygen atoms in total. The SMILES string of the molecule is CC[C@@](C)(C#N)C1=CCCC=C1. The van der Waals surface area contributed by atoms with Crippen molar-refractivity contribution >= 4 is 0 Å². The van der Waals surface area contributed by atoms with E-state index in [2.05, 4.69) is 31.2 Å². The molecule has 0 aromatic rings. The summed E-state index contributed by atoms with van der Waals surface area (Å²) in [4.78, 5) is 0. The Morgan fingerprint density at radius 3 is 2.75 bits per heavy atom. The predicted octanol–water partition coefficient (Wildman–Crippen LogP) is 3.20. The third-order valence-corrected chi connectivity index (χ3v) is 2.59. The van der Waals surface area contributed by atoms with Crippen molar-refractivity contribution in [2.75, 3.05) is 0 Å². The molecule has 0 aromatic heterocycles. The zero-order valence-electron chi connectivity index (χ0n) is 7.80. The van der Waals surface area contributed by atoms with Gasteiger partial charge in [0.2, 0.25) is 0 Å². The first kappa shape index (κ1) is 9.06. The van der Waals surface area contributed by atoms with E-state index in [1.165, 1.54) is 5.57 Å². The lowest BCUT2D eigenvalue weighted by Gasteiger charge is -2.22. The van der Waals surface area contributed by atoms with E-state index in [0.29, 0.717) is 0 Å². The van der Waals surface area contributed by atoms with Crippen molar-refractivity contribution in [1.29, 1.82) is 5.26 Å². The fourth-order valence-electron chi connectivity index (χ4n) is 1.37. The van der Waals surface area contributed by atoms with Crippen molar-refractivity contribution in [2.24, 2.45) is 5.41 Å². The van der Waals surface area contributed by atoms with Crippen LogP contribution in [0.15, 0.2) is 23.8 Å². The average molecular weight is 161 g/mol. The highest BCUT2D eigenvalue weighted by Crippen LogP contribution is 2.32. The smallest absolute Gasteiger partial charge is 0.0788 e. The summed E-state index contributed by atoms with van der Waals surface area (Å²) in [6.45, 7) is 4.07. The molecule has 1 rings (SSSR count). The van der Waals surface area contributed by atoms with Gasteiger partial charge in [-0.15, -0.1) is 0 Å². The fraction of sp³-hybridized carbons (Fsp3) is 0.545. The van der Waals surface area contributed by atoms with Gasteiger partial charge in [-0.1, -0.05) is 25.2 Å². The Morgan fingerprint density at radius 1 is 1.58 bits per heavy atom. The summed E-state index contributed by atoms with van der Waals surface area (Å²) in [6.07, 6.45) is 9.53. The lowest BCUT2D eigenvalue weighted by atomic mass is 9.79. The lowest BCUT2D eigenvalue weighted by molar-refractivity contribution is 0.517. The summed E-state index contributed by atoms with van der Waals surface area (Å²) in [5.41, 5.74) is 0.926. The van der Waals surface area contributed by atoms with Gasteiger partial charge in [0, 0.05) is 0 Å². The Labute approximate surface area is 74.4 Å². The van der Waals surface area contributed by atoms with E-state index in [4.69, 9.17) is 5.26 Å². The lowest BCUT2D eigenvalue weighted by Crippen LogP contribution is -2.15. The molecule has 0 heterocycles. The molecule has 0 aliphatic heterocycles. The van der Waals surface area contributed by atoms with Gasteiger partial charge in [-0.3, -0.25) is 0 Å². The molecule has 0 saturated heterocycles. The highest BCUT2D eigenvalue weighted by molar-refractivity contribution is 5.33. The van der Waals surface area contributed by atoms with Gasteiger partial charge < -0.3 is 0 Å². The quantitative estimate of drug-likeness (QED) is 0.610.